The molecule has 1 atom stereocenters. The van der Waals surface area contributed by atoms with E-state index in [0.29, 0.717) is 13.0 Å². The van der Waals surface area contributed by atoms with Gasteiger partial charge in [0.25, 0.3) is 0 Å². The van der Waals surface area contributed by atoms with Crippen LogP contribution < -0.4 is 4.72 Å². The number of unbranched alkanes of at least 4 members (excludes halogenated alkanes) is 4. The van der Waals surface area contributed by atoms with Gasteiger partial charge in [0, 0.05) is 6.54 Å². The van der Waals surface area contributed by atoms with Gasteiger partial charge in [-0.3, -0.25) is 0 Å². The quantitative estimate of drug-likeness (QED) is 0.614. The second-order valence-electron chi connectivity index (χ2n) is 4.26. The van der Waals surface area contributed by atoms with E-state index in [1.165, 1.54) is 0 Å². The van der Waals surface area contributed by atoms with Crippen LogP contribution in [-0.4, -0.2) is 20.2 Å². The predicted molar refractivity (Wildman–Crippen MR) is 70.0 cm³/mol. The van der Waals surface area contributed by atoms with E-state index in [1.807, 2.05) is 13.0 Å². The van der Waals surface area contributed by atoms with Crippen molar-refractivity contribution < 1.29 is 8.42 Å². The highest BCUT2D eigenvalue weighted by molar-refractivity contribution is 7.90. The number of nitriles is 1. The summed E-state index contributed by atoms with van der Waals surface area (Å²) < 4.78 is 26.1. The average molecular weight is 260 g/mol. The van der Waals surface area contributed by atoms with Crippen molar-refractivity contribution >= 4 is 10.0 Å². The minimum atomic E-state index is -3.44. The molecule has 5 heteroatoms. The number of nitrogens with zero attached hydrogens (tertiary/aromatic N) is 1. The zero-order chi connectivity index (χ0) is 13.1. The molecule has 0 spiro atoms. The molecule has 0 saturated heterocycles. The van der Waals surface area contributed by atoms with Crippen molar-refractivity contribution in [2.45, 2.75) is 64.0 Å². The van der Waals surface area contributed by atoms with Crippen LogP contribution in [0.3, 0.4) is 0 Å². The maximum atomic E-state index is 11.8. The molecular formula is C12H24N2O2S. The van der Waals surface area contributed by atoms with Gasteiger partial charge >= 0.3 is 0 Å². The lowest BCUT2D eigenvalue weighted by Crippen LogP contribution is -2.34. The maximum absolute atomic E-state index is 11.8. The molecule has 1 unspecified atom stereocenters. The average Bonchev–Trinajstić information content (AvgIpc) is 2.29. The standard InChI is InChI=1S/C12H24N2O2S/c1-3-5-7-8-10-14-17(15,16)12(11-13)9-6-4-2/h12,14H,3-10H2,1-2H3. The van der Waals surface area contributed by atoms with Crippen LogP contribution in [0.25, 0.3) is 0 Å². The third kappa shape index (κ3) is 7.35. The van der Waals surface area contributed by atoms with Crippen molar-refractivity contribution in [3.05, 3.63) is 0 Å². The lowest BCUT2D eigenvalue weighted by molar-refractivity contribution is 0.560. The summed E-state index contributed by atoms with van der Waals surface area (Å²) >= 11 is 0. The minimum absolute atomic E-state index is 0.428. The Morgan fingerprint density at radius 1 is 1.12 bits per heavy atom. The van der Waals surface area contributed by atoms with Gasteiger partial charge in [0.1, 0.15) is 0 Å². The van der Waals surface area contributed by atoms with Crippen LogP contribution in [0.4, 0.5) is 0 Å². The summed E-state index contributed by atoms with van der Waals surface area (Å²) in [6.45, 7) is 4.55. The molecule has 0 aliphatic rings. The molecule has 0 radical (unpaired) electrons. The Morgan fingerprint density at radius 2 is 1.76 bits per heavy atom. The molecule has 100 valence electrons. The molecule has 1 N–H and O–H groups in total. The topological polar surface area (TPSA) is 70.0 Å². The Hall–Kier alpha value is -0.600. The molecule has 0 saturated carbocycles. The number of nitrogens with one attached hydrogen (secondary N) is 1. The molecule has 4 nitrogen and oxygen atoms in total. The number of sulfonamides is 1. The highest BCUT2D eigenvalue weighted by atomic mass is 32.2. The number of hydrogen-bond acceptors (Lipinski definition) is 3. The Kier molecular flexibility index (Phi) is 9.10. The molecule has 0 heterocycles. The van der Waals surface area contributed by atoms with Crippen molar-refractivity contribution in [3.8, 4) is 6.07 Å². The van der Waals surface area contributed by atoms with Crippen molar-refractivity contribution in [2.24, 2.45) is 0 Å². The zero-order valence-corrected chi connectivity index (χ0v) is 11.7. The highest BCUT2D eigenvalue weighted by Gasteiger charge is 2.23. The molecule has 0 bridgehead atoms. The minimum Gasteiger partial charge on any atom is -0.214 e. The van der Waals surface area contributed by atoms with Crippen molar-refractivity contribution in [1.29, 1.82) is 5.26 Å². The van der Waals surface area contributed by atoms with Crippen molar-refractivity contribution in [2.75, 3.05) is 6.54 Å². The molecule has 0 aromatic heterocycles. The fourth-order valence-electron chi connectivity index (χ4n) is 1.55. The first-order valence-electron chi connectivity index (χ1n) is 6.46. The summed E-state index contributed by atoms with van der Waals surface area (Å²) in [4.78, 5) is 0. The van der Waals surface area contributed by atoms with Gasteiger partial charge in [0.15, 0.2) is 5.25 Å². The van der Waals surface area contributed by atoms with Crippen molar-refractivity contribution in [1.82, 2.24) is 4.72 Å². The number of rotatable bonds is 10. The summed E-state index contributed by atoms with van der Waals surface area (Å²) in [5.74, 6) is 0. The fourth-order valence-corrected chi connectivity index (χ4v) is 2.79. The van der Waals surface area contributed by atoms with E-state index >= 15 is 0 Å². The maximum Gasteiger partial charge on any atom is 0.227 e. The molecule has 0 aromatic rings. The van der Waals surface area contributed by atoms with E-state index in [9.17, 15) is 8.42 Å². The van der Waals surface area contributed by atoms with Gasteiger partial charge in [-0.2, -0.15) is 5.26 Å². The SMILES string of the molecule is CCCCCCNS(=O)(=O)C(C#N)CCCC. The third-order valence-corrected chi connectivity index (χ3v) is 4.37. The second-order valence-corrected chi connectivity index (χ2v) is 6.21. The summed E-state index contributed by atoms with van der Waals surface area (Å²) in [7, 11) is -3.44. The predicted octanol–water partition coefficient (Wildman–Crippen LogP) is 2.57. The monoisotopic (exact) mass is 260 g/mol. The molecule has 0 amide bonds. The third-order valence-electron chi connectivity index (χ3n) is 2.67. The van der Waals surface area contributed by atoms with Crippen LogP contribution >= 0.6 is 0 Å². The molecule has 0 aliphatic carbocycles. The largest absolute Gasteiger partial charge is 0.227 e. The smallest absolute Gasteiger partial charge is 0.214 e. The second kappa shape index (κ2) is 9.43. The van der Waals surface area contributed by atoms with Gasteiger partial charge in [-0.1, -0.05) is 46.0 Å². The van der Waals surface area contributed by atoms with E-state index in [0.717, 1.165) is 38.5 Å². The van der Waals surface area contributed by atoms with E-state index < -0.39 is 15.3 Å². The molecule has 0 aromatic carbocycles. The van der Waals surface area contributed by atoms with Gasteiger partial charge in [0.05, 0.1) is 6.07 Å². The van der Waals surface area contributed by atoms with Crippen LogP contribution in [0.1, 0.15) is 58.8 Å². The first-order chi connectivity index (χ1) is 8.08. The van der Waals surface area contributed by atoms with Crippen LogP contribution in [0.5, 0.6) is 0 Å². The normalized spacial score (nSPS) is 13.2. The summed E-state index contributed by atoms with van der Waals surface area (Å²) in [6.07, 6.45) is 6.24. The zero-order valence-electron chi connectivity index (χ0n) is 10.9. The van der Waals surface area contributed by atoms with Gasteiger partial charge in [0.2, 0.25) is 10.0 Å². The van der Waals surface area contributed by atoms with Crippen LogP contribution in [0, 0.1) is 11.3 Å². The fraction of sp³-hybridized carbons (Fsp3) is 0.917. The van der Waals surface area contributed by atoms with Crippen LogP contribution in [-0.2, 0) is 10.0 Å². The van der Waals surface area contributed by atoms with E-state index in [2.05, 4.69) is 11.6 Å². The van der Waals surface area contributed by atoms with Crippen molar-refractivity contribution in [3.63, 3.8) is 0 Å². The molecular weight excluding hydrogens is 236 g/mol. The lowest BCUT2D eigenvalue weighted by Gasteiger charge is -2.11. The van der Waals surface area contributed by atoms with Crippen LogP contribution in [0.15, 0.2) is 0 Å². The molecule has 0 fully saturated rings. The molecule has 0 aliphatic heterocycles. The molecule has 17 heavy (non-hydrogen) atoms. The molecule has 0 rings (SSSR count). The van der Waals surface area contributed by atoms with E-state index in [4.69, 9.17) is 5.26 Å². The van der Waals surface area contributed by atoms with Gasteiger partial charge in [-0.05, 0) is 12.8 Å². The van der Waals surface area contributed by atoms with E-state index in [1.54, 1.807) is 0 Å². The Bertz CT molecular complexity index is 320. The van der Waals surface area contributed by atoms with E-state index in [-0.39, 0.29) is 0 Å². The van der Waals surface area contributed by atoms with Gasteiger partial charge in [-0.15, -0.1) is 0 Å². The first-order valence-corrected chi connectivity index (χ1v) is 8.01. The first kappa shape index (κ1) is 16.4. The Balaban J connectivity index is 4.03. The van der Waals surface area contributed by atoms with Gasteiger partial charge < -0.3 is 0 Å². The Morgan fingerprint density at radius 3 is 2.29 bits per heavy atom. The summed E-state index contributed by atoms with van der Waals surface area (Å²) in [5, 5.41) is 7.97. The highest BCUT2D eigenvalue weighted by Crippen LogP contribution is 2.08. The lowest BCUT2D eigenvalue weighted by atomic mass is 10.2. The summed E-state index contributed by atoms with van der Waals surface area (Å²) in [5.41, 5.74) is 0. The van der Waals surface area contributed by atoms with Gasteiger partial charge in [-0.25, -0.2) is 13.1 Å². The Labute approximate surface area is 105 Å². The number of hydrogen-bond donors (Lipinski definition) is 1. The summed E-state index contributed by atoms with van der Waals surface area (Å²) in [6, 6.07) is 1.88. The van der Waals surface area contributed by atoms with Crippen LogP contribution in [0.2, 0.25) is 0 Å².